The number of methoxy groups -OCH3 is 1. The van der Waals surface area contributed by atoms with E-state index in [9.17, 15) is 4.79 Å². The Morgan fingerprint density at radius 2 is 2.18 bits per heavy atom. The van der Waals surface area contributed by atoms with Crippen molar-refractivity contribution in [3.05, 3.63) is 17.8 Å². The number of esters is 1. The van der Waals surface area contributed by atoms with Crippen molar-refractivity contribution in [2.24, 2.45) is 0 Å². The van der Waals surface area contributed by atoms with Crippen LogP contribution in [0.15, 0.2) is 12.1 Å². The summed E-state index contributed by atoms with van der Waals surface area (Å²) in [6.45, 7) is 1.66. The number of ether oxygens (including phenoxy) is 2. The summed E-state index contributed by atoms with van der Waals surface area (Å²) in [7, 11) is 1.37. The van der Waals surface area contributed by atoms with E-state index in [1.165, 1.54) is 7.11 Å². The summed E-state index contributed by atoms with van der Waals surface area (Å²) in [5.41, 5.74) is 2.02. The quantitative estimate of drug-likeness (QED) is 0.632. The lowest BCUT2D eigenvalue weighted by atomic mass is 10.2. The van der Waals surface area contributed by atoms with Crippen LogP contribution in [0, 0.1) is 0 Å². The Hall–Kier alpha value is -1.47. The smallest absolute Gasteiger partial charge is 0.325 e. The lowest BCUT2D eigenvalue weighted by molar-refractivity contribution is -0.138. The molecule has 3 heterocycles. The molecular weight excluding hydrogens is 302 g/mol. The van der Waals surface area contributed by atoms with Gasteiger partial charge in [-0.05, 0) is 18.9 Å². The molecule has 0 aromatic carbocycles. The van der Waals surface area contributed by atoms with Gasteiger partial charge in [0.25, 0.3) is 0 Å². The predicted molar refractivity (Wildman–Crippen MR) is 87.5 cm³/mol. The van der Waals surface area contributed by atoms with Gasteiger partial charge in [0, 0.05) is 17.5 Å². The van der Waals surface area contributed by atoms with E-state index in [0.29, 0.717) is 23.7 Å². The minimum absolute atomic E-state index is 0.106. The number of nitrogens with one attached hydrogen (secondary N) is 1. The van der Waals surface area contributed by atoms with Crippen LogP contribution in [-0.4, -0.2) is 49.9 Å². The van der Waals surface area contributed by atoms with Gasteiger partial charge in [-0.1, -0.05) is 0 Å². The number of pyridine rings is 1. The molecule has 1 N–H and O–H groups in total. The second-order valence-electron chi connectivity index (χ2n) is 5.62. The number of hydrogen-bond acceptors (Lipinski definition) is 7. The minimum atomic E-state index is -0.314. The number of morpholine rings is 1. The van der Waals surface area contributed by atoms with Crippen LogP contribution >= 0.6 is 12.6 Å². The monoisotopic (exact) mass is 323 g/mol. The Bertz CT molecular complexity index is 539. The highest BCUT2D eigenvalue weighted by atomic mass is 32.1. The molecule has 2 fully saturated rings. The lowest BCUT2D eigenvalue weighted by Gasteiger charge is -2.36. The van der Waals surface area contributed by atoms with E-state index in [4.69, 9.17) is 4.74 Å². The van der Waals surface area contributed by atoms with E-state index >= 15 is 0 Å². The zero-order valence-corrected chi connectivity index (χ0v) is 13.5. The fourth-order valence-electron chi connectivity index (χ4n) is 3.18. The number of thiol groups is 1. The molecule has 7 heteroatoms. The number of hydrogen-bond donors (Lipinski definition) is 2. The molecule has 2 saturated heterocycles. The predicted octanol–water partition coefficient (Wildman–Crippen LogP) is 1.46. The van der Waals surface area contributed by atoms with Crippen molar-refractivity contribution in [1.82, 2.24) is 4.98 Å². The summed E-state index contributed by atoms with van der Waals surface area (Å²) in [5, 5.41) is 3.02. The van der Waals surface area contributed by atoms with Gasteiger partial charge >= 0.3 is 5.97 Å². The van der Waals surface area contributed by atoms with E-state index in [1.807, 2.05) is 6.07 Å². The van der Waals surface area contributed by atoms with Crippen LogP contribution in [0.5, 0.6) is 0 Å². The highest BCUT2D eigenvalue weighted by molar-refractivity contribution is 7.79. The van der Waals surface area contributed by atoms with Crippen molar-refractivity contribution >= 4 is 30.1 Å². The average molecular weight is 323 g/mol. The van der Waals surface area contributed by atoms with E-state index in [-0.39, 0.29) is 12.5 Å². The van der Waals surface area contributed by atoms with E-state index < -0.39 is 0 Å². The number of carbonyl (C=O) groups excluding carboxylic acids is 1. The van der Waals surface area contributed by atoms with Gasteiger partial charge in [0.1, 0.15) is 12.4 Å². The second-order valence-corrected chi connectivity index (χ2v) is 5.94. The van der Waals surface area contributed by atoms with Crippen molar-refractivity contribution < 1.29 is 14.3 Å². The van der Waals surface area contributed by atoms with Gasteiger partial charge < -0.3 is 19.7 Å². The van der Waals surface area contributed by atoms with Crippen LogP contribution in [0.3, 0.4) is 0 Å². The van der Waals surface area contributed by atoms with Crippen LogP contribution in [0.2, 0.25) is 0 Å². The molecule has 2 aliphatic rings. The van der Waals surface area contributed by atoms with Gasteiger partial charge in [0.05, 0.1) is 38.1 Å². The van der Waals surface area contributed by atoms with Crippen molar-refractivity contribution in [3.63, 3.8) is 0 Å². The van der Waals surface area contributed by atoms with Crippen molar-refractivity contribution in [1.29, 1.82) is 0 Å². The molecule has 2 unspecified atom stereocenters. The molecule has 22 heavy (non-hydrogen) atoms. The first-order chi connectivity index (χ1) is 10.7. The molecule has 2 atom stereocenters. The molecule has 120 valence electrons. The van der Waals surface area contributed by atoms with E-state index in [2.05, 4.69) is 38.6 Å². The number of carbonyl (C=O) groups is 1. The maximum absolute atomic E-state index is 11.3. The number of fused-ring (bicyclic) bond motifs is 2. The van der Waals surface area contributed by atoms with Crippen molar-refractivity contribution in [3.8, 4) is 0 Å². The highest BCUT2D eigenvalue weighted by Gasteiger charge is 2.37. The van der Waals surface area contributed by atoms with Crippen molar-refractivity contribution in [2.75, 3.05) is 37.1 Å². The van der Waals surface area contributed by atoms with Crippen LogP contribution in [-0.2, 0) is 20.0 Å². The number of aromatic nitrogens is 1. The molecule has 0 amide bonds. The number of nitrogens with zero attached hydrogens (tertiary/aromatic N) is 2. The molecule has 2 aliphatic heterocycles. The third kappa shape index (κ3) is 3.15. The summed E-state index contributed by atoms with van der Waals surface area (Å²) in [4.78, 5) is 18.2. The molecule has 2 bridgehead atoms. The normalized spacial score (nSPS) is 23.5. The lowest BCUT2D eigenvalue weighted by Crippen LogP contribution is -2.46. The summed E-state index contributed by atoms with van der Waals surface area (Å²) >= 11 is 4.33. The molecule has 0 saturated carbocycles. The average Bonchev–Trinajstić information content (AvgIpc) is 2.81. The van der Waals surface area contributed by atoms with Crippen LogP contribution in [0.4, 0.5) is 11.5 Å². The third-order valence-corrected chi connectivity index (χ3v) is 4.53. The van der Waals surface area contributed by atoms with Gasteiger partial charge in [-0.15, -0.1) is 0 Å². The summed E-state index contributed by atoms with van der Waals surface area (Å²) in [5.74, 6) is 0.921. The van der Waals surface area contributed by atoms with E-state index in [0.717, 1.165) is 37.4 Å². The number of anilines is 2. The molecule has 0 radical (unpaired) electrons. The Morgan fingerprint density at radius 3 is 2.82 bits per heavy atom. The first-order valence-electron chi connectivity index (χ1n) is 7.50. The van der Waals surface area contributed by atoms with Gasteiger partial charge in [0.15, 0.2) is 0 Å². The van der Waals surface area contributed by atoms with Crippen LogP contribution in [0.25, 0.3) is 0 Å². The van der Waals surface area contributed by atoms with Gasteiger partial charge in [0.2, 0.25) is 0 Å². The maximum atomic E-state index is 11.3. The first kappa shape index (κ1) is 15.4. The fraction of sp³-hybridized carbons (Fsp3) is 0.600. The molecule has 6 nitrogen and oxygen atoms in total. The Morgan fingerprint density at radius 1 is 1.45 bits per heavy atom. The van der Waals surface area contributed by atoms with Crippen LogP contribution < -0.4 is 10.2 Å². The standard InChI is InChI=1S/C15H21N3O3S/c1-20-15(19)6-16-14-5-13(4-10(9-22)17-14)18-11-2-3-12(18)8-21-7-11/h4-5,11-12,22H,2-3,6-9H2,1H3,(H,16,17). The zero-order chi connectivity index (χ0) is 15.5. The van der Waals surface area contributed by atoms with Gasteiger partial charge in [-0.25, -0.2) is 4.98 Å². The van der Waals surface area contributed by atoms with E-state index in [1.54, 1.807) is 0 Å². The summed E-state index contributed by atoms with van der Waals surface area (Å²) < 4.78 is 10.3. The highest BCUT2D eigenvalue weighted by Crippen LogP contribution is 2.35. The Balaban J connectivity index is 1.83. The topological polar surface area (TPSA) is 63.7 Å². The SMILES string of the molecule is COC(=O)CNc1cc(N2C3CCC2COC3)cc(CS)n1. The summed E-state index contributed by atoms with van der Waals surface area (Å²) in [6, 6.07) is 4.93. The van der Waals surface area contributed by atoms with Crippen LogP contribution in [0.1, 0.15) is 18.5 Å². The minimum Gasteiger partial charge on any atom is -0.468 e. The van der Waals surface area contributed by atoms with Crippen molar-refractivity contribution in [2.45, 2.75) is 30.7 Å². The molecule has 1 aromatic rings. The fourth-order valence-corrected chi connectivity index (χ4v) is 3.34. The molecular formula is C15H21N3O3S. The van der Waals surface area contributed by atoms with Gasteiger partial charge in [-0.3, -0.25) is 4.79 Å². The second kappa shape index (κ2) is 6.75. The number of rotatable bonds is 5. The summed E-state index contributed by atoms with van der Waals surface area (Å²) in [6.07, 6.45) is 2.32. The largest absolute Gasteiger partial charge is 0.468 e. The Kier molecular flexibility index (Phi) is 4.73. The third-order valence-electron chi connectivity index (χ3n) is 4.21. The Labute approximate surface area is 135 Å². The zero-order valence-electron chi connectivity index (χ0n) is 12.6. The molecule has 0 aliphatic carbocycles. The maximum Gasteiger partial charge on any atom is 0.325 e. The first-order valence-corrected chi connectivity index (χ1v) is 8.13. The molecule has 3 rings (SSSR count). The van der Waals surface area contributed by atoms with Gasteiger partial charge in [-0.2, -0.15) is 12.6 Å². The molecule has 1 aromatic heterocycles. The molecule has 0 spiro atoms.